The van der Waals surface area contributed by atoms with Crippen LogP contribution in [0.4, 0.5) is 0 Å². The highest BCUT2D eigenvalue weighted by Crippen LogP contribution is 2.18. The van der Waals surface area contributed by atoms with Crippen LogP contribution in [0.2, 0.25) is 0 Å². The lowest BCUT2D eigenvalue weighted by atomic mass is 9.99. The van der Waals surface area contributed by atoms with Crippen LogP contribution in [0.25, 0.3) is 0 Å². The number of hydrogen-bond acceptors (Lipinski definition) is 7. The van der Waals surface area contributed by atoms with E-state index in [4.69, 9.17) is 10.8 Å². The largest absolute Gasteiger partial charge is 0.481 e. The Hall–Kier alpha value is -2.73. The Bertz CT molecular complexity index is 671. The molecule has 0 bridgehead atoms. The third-order valence-electron chi connectivity index (χ3n) is 5.19. The molecule has 0 saturated carbocycles. The molecule has 1 heterocycles. The Kier molecular flexibility index (Phi) is 9.66. The van der Waals surface area contributed by atoms with E-state index < -0.39 is 66.9 Å². The summed E-state index contributed by atoms with van der Waals surface area (Å²) < 4.78 is 0. The molecule has 1 aliphatic heterocycles. The molecule has 0 aromatic heterocycles. The van der Waals surface area contributed by atoms with Crippen LogP contribution in [-0.2, 0) is 24.0 Å². The van der Waals surface area contributed by atoms with E-state index in [1.807, 2.05) is 6.92 Å². The van der Waals surface area contributed by atoms with Crippen LogP contribution in [0.3, 0.4) is 0 Å². The monoisotopic (exact) mass is 430 g/mol. The molecule has 5 atom stereocenters. The van der Waals surface area contributed by atoms with Crippen LogP contribution < -0.4 is 16.4 Å². The maximum absolute atomic E-state index is 12.6. The topological polar surface area (TPSA) is 199 Å². The van der Waals surface area contributed by atoms with Gasteiger partial charge in [-0.25, -0.2) is 4.79 Å². The van der Waals surface area contributed by atoms with Crippen molar-refractivity contribution >= 4 is 29.7 Å². The van der Waals surface area contributed by atoms with Gasteiger partial charge in [0.2, 0.25) is 17.7 Å². The highest BCUT2D eigenvalue weighted by Gasteiger charge is 2.38. The normalized spacial score (nSPS) is 20.0. The molecule has 12 nitrogen and oxygen atoms in total. The third kappa shape index (κ3) is 6.66. The standard InChI is InChI=1S/C18H30N4O8/c1-3-9(2)14(19)16(27)20-10(7-13(24)25)15(26)21-11(8-23)17(28)22-6-4-5-12(22)18(29)30/h9-12,14,23H,3-8,19H2,1-2H3,(H,20,27)(H,21,26)(H,24,25)(H,29,30). The molecule has 0 radical (unpaired) electrons. The van der Waals surface area contributed by atoms with Gasteiger partial charge in [-0.3, -0.25) is 19.2 Å². The highest BCUT2D eigenvalue weighted by atomic mass is 16.4. The molecule has 1 aliphatic rings. The number of likely N-dealkylation sites (tertiary alicyclic amines) is 1. The summed E-state index contributed by atoms with van der Waals surface area (Å²) in [6.45, 7) is 2.88. The average Bonchev–Trinajstić information content (AvgIpc) is 3.19. The van der Waals surface area contributed by atoms with Crippen LogP contribution in [-0.4, -0.2) is 87.2 Å². The smallest absolute Gasteiger partial charge is 0.326 e. The van der Waals surface area contributed by atoms with E-state index in [1.165, 1.54) is 0 Å². The van der Waals surface area contributed by atoms with Gasteiger partial charge >= 0.3 is 11.9 Å². The third-order valence-corrected chi connectivity index (χ3v) is 5.19. The summed E-state index contributed by atoms with van der Waals surface area (Å²) in [5.41, 5.74) is 5.80. The van der Waals surface area contributed by atoms with Gasteiger partial charge in [0.15, 0.2) is 0 Å². The van der Waals surface area contributed by atoms with E-state index in [1.54, 1.807) is 6.92 Å². The number of amides is 3. The number of carbonyl (C=O) groups is 5. The average molecular weight is 430 g/mol. The van der Waals surface area contributed by atoms with Crippen molar-refractivity contribution in [1.82, 2.24) is 15.5 Å². The minimum absolute atomic E-state index is 0.154. The SMILES string of the molecule is CCC(C)C(N)C(=O)NC(CC(=O)O)C(=O)NC(CO)C(=O)N1CCCC1C(=O)O. The number of carboxylic acids is 2. The van der Waals surface area contributed by atoms with E-state index in [0.717, 1.165) is 4.90 Å². The van der Waals surface area contributed by atoms with Crippen molar-refractivity contribution in [3.63, 3.8) is 0 Å². The minimum Gasteiger partial charge on any atom is -0.481 e. The molecule has 1 fully saturated rings. The second kappa shape index (κ2) is 11.5. The van der Waals surface area contributed by atoms with Crippen LogP contribution >= 0.6 is 0 Å². The Balaban J connectivity index is 2.89. The summed E-state index contributed by atoms with van der Waals surface area (Å²) in [6.07, 6.45) is 0.531. The van der Waals surface area contributed by atoms with Gasteiger partial charge in [0.05, 0.1) is 19.1 Å². The van der Waals surface area contributed by atoms with Gasteiger partial charge in [0, 0.05) is 6.54 Å². The van der Waals surface area contributed by atoms with E-state index in [0.29, 0.717) is 12.8 Å². The van der Waals surface area contributed by atoms with Crippen LogP contribution in [0.1, 0.15) is 39.5 Å². The lowest BCUT2D eigenvalue weighted by molar-refractivity contribution is -0.150. The van der Waals surface area contributed by atoms with Crippen LogP contribution in [0, 0.1) is 5.92 Å². The molecule has 5 unspecified atom stereocenters. The molecular weight excluding hydrogens is 400 g/mol. The van der Waals surface area contributed by atoms with Gasteiger partial charge in [-0.15, -0.1) is 0 Å². The van der Waals surface area contributed by atoms with Crippen LogP contribution in [0.15, 0.2) is 0 Å². The molecule has 1 saturated heterocycles. The van der Waals surface area contributed by atoms with Crippen molar-refractivity contribution in [1.29, 1.82) is 0 Å². The number of aliphatic hydroxyl groups excluding tert-OH is 1. The Morgan fingerprint density at radius 2 is 1.70 bits per heavy atom. The summed E-state index contributed by atoms with van der Waals surface area (Å²) in [5.74, 6) is -5.30. The summed E-state index contributed by atoms with van der Waals surface area (Å²) in [7, 11) is 0. The van der Waals surface area contributed by atoms with Gasteiger partial charge in [-0.2, -0.15) is 0 Å². The number of rotatable bonds is 11. The first-order valence-electron chi connectivity index (χ1n) is 9.75. The predicted octanol–water partition coefficient (Wildman–Crippen LogP) is -2.13. The first kappa shape index (κ1) is 25.3. The molecular formula is C18H30N4O8. The van der Waals surface area contributed by atoms with Crippen molar-refractivity contribution in [2.75, 3.05) is 13.2 Å². The van der Waals surface area contributed by atoms with Crippen LogP contribution in [0.5, 0.6) is 0 Å². The van der Waals surface area contributed by atoms with Gasteiger partial charge in [0.25, 0.3) is 0 Å². The van der Waals surface area contributed by atoms with Crippen molar-refractivity contribution < 1.29 is 39.3 Å². The number of carboxylic acid groups (broad SMARTS) is 2. The second-order valence-electron chi connectivity index (χ2n) is 7.34. The quantitative estimate of drug-likeness (QED) is 0.212. The molecule has 12 heteroatoms. The van der Waals surface area contributed by atoms with Crippen molar-refractivity contribution in [2.24, 2.45) is 11.7 Å². The molecule has 0 aromatic rings. The zero-order valence-electron chi connectivity index (χ0n) is 17.0. The fourth-order valence-corrected chi connectivity index (χ4v) is 3.11. The Morgan fingerprint density at radius 3 is 2.20 bits per heavy atom. The zero-order valence-corrected chi connectivity index (χ0v) is 17.0. The lowest BCUT2D eigenvalue weighted by Gasteiger charge is -2.28. The van der Waals surface area contributed by atoms with Crippen molar-refractivity contribution in [2.45, 2.75) is 63.7 Å². The number of aliphatic hydroxyl groups is 1. The summed E-state index contributed by atoms with van der Waals surface area (Å²) >= 11 is 0. The summed E-state index contributed by atoms with van der Waals surface area (Å²) in [6, 6.07) is -5.03. The minimum atomic E-state index is -1.53. The molecule has 30 heavy (non-hydrogen) atoms. The maximum atomic E-state index is 12.6. The first-order chi connectivity index (χ1) is 14.0. The molecule has 0 spiro atoms. The fraction of sp³-hybridized carbons (Fsp3) is 0.722. The molecule has 7 N–H and O–H groups in total. The van der Waals surface area contributed by atoms with E-state index >= 15 is 0 Å². The van der Waals surface area contributed by atoms with Gasteiger partial charge < -0.3 is 36.6 Å². The highest BCUT2D eigenvalue weighted by molar-refractivity contribution is 5.95. The Morgan fingerprint density at radius 1 is 1.10 bits per heavy atom. The first-order valence-corrected chi connectivity index (χ1v) is 9.75. The van der Waals surface area contributed by atoms with Crippen molar-refractivity contribution in [3.8, 4) is 0 Å². The van der Waals surface area contributed by atoms with E-state index in [2.05, 4.69) is 10.6 Å². The number of nitrogens with one attached hydrogen (secondary N) is 2. The molecule has 0 aromatic carbocycles. The lowest BCUT2D eigenvalue weighted by Crippen LogP contribution is -2.58. The fourth-order valence-electron chi connectivity index (χ4n) is 3.11. The molecule has 0 aliphatic carbocycles. The predicted molar refractivity (Wildman–Crippen MR) is 103 cm³/mol. The Labute approximate surface area is 173 Å². The number of hydrogen-bond donors (Lipinski definition) is 6. The van der Waals surface area contributed by atoms with Gasteiger partial charge in [0.1, 0.15) is 18.1 Å². The van der Waals surface area contributed by atoms with Gasteiger partial charge in [-0.05, 0) is 18.8 Å². The van der Waals surface area contributed by atoms with E-state index in [-0.39, 0.29) is 18.9 Å². The number of carbonyl (C=O) groups excluding carboxylic acids is 3. The second-order valence-corrected chi connectivity index (χ2v) is 7.34. The zero-order chi connectivity index (χ0) is 23.0. The molecule has 1 rings (SSSR count). The number of aliphatic carboxylic acids is 2. The van der Waals surface area contributed by atoms with E-state index in [9.17, 15) is 34.2 Å². The van der Waals surface area contributed by atoms with Gasteiger partial charge in [-0.1, -0.05) is 20.3 Å². The molecule has 170 valence electrons. The summed E-state index contributed by atoms with van der Waals surface area (Å²) in [4.78, 5) is 60.8. The molecule has 3 amide bonds. The van der Waals surface area contributed by atoms with Crippen molar-refractivity contribution in [3.05, 3.63) is 0 Å². The maximum Gasteiger partial charge on any atom is 0.326 e. The number of nitrogens with two attached hydrogens (primary N) is 1. The summed E-state index contributed by atoms with van der Waals surface area (Å²) in [5, 5.41) is 32.3. The number of nitrogens with zero attached hydrogens (tertiary/aromatic N) is 1.